The highest BCUT2D eigenvalue weighted by atomic mass is 35.5. The van der Waals surface area contributed by atoms with E-state index >= 15 is 0 Å². The van der Waals surface area contributed by atoms with E-state index in [0.29, 0.717) is 30.3 Å². The van der Waals surface area contributed by atoms with Crippen LogP contribution in [0.3, 0.4) is 0 Å². The van der Waals surface area contributed by atoms with Crippen molar-refractivity contribution in [3.63, 3.8) is 0 Å². The molecule has 2 heterocycles. The number of aryl methyl sites for hydroxylation is 1. The smallest absolute Gasteiger partial charge is 0.336 e. The van der Waals surface area contributed by atoms with Crippen molar-refractivity contribution in [2.75, 3.05) is 26.2 Å². The Hall–Kier alpha value is -1.89. The molecule has 6 nitrogen and oxygen atoms in total. The standard InChI is InChI=1S/C24H33ClN2O4/c1-4-17-12-22-20(14-21(17)25)19(13-23(28)31-22)15-27-9-6-18(7-10-27)24(29)26-8-5-11-30-16(2)3/h12-14,16,18H,4-11,15H2,1-3H3,(H,26,29). The summed E-state index contributed by atoms with van der Waals surface area (Å²) in [5.41, 5.74) is 2.13. The summed E-state index contributed by atoms with van der Waals surface area (Å²) >= 11 is 6.40. The van der Waals surface area contributed by atoms with E-state index in [0.717, 1.165) is 55.3 Å². The molecule has 1 aliphatic rings. The zero-order chi connectivity index (χ0) is 22.4. The van der Waals surface area contributed by atoms with Crippen molar-refractivity contribution in [1.29, 1.82) is 0 Å². The lowest BCUT2D eigenvalue weighted by atomic mass is 9.95. The van der Waals surface area contributed by atoms with Crippen LogP contribution in [0.15, 0.2) is 27.4 Å². The SMILES string of the molecule is CCc1cc2oc(=O)cc(CN3CCC(C(=O)NCCCOC(C)C)CC3)c2cc1Cl. The number of rotatable bonds is 9. The molecule has 0 saturated carbocycles. The molecular formula is C24H33ClN2O4. The Morgan fingerprint density at radius 3 is 2.68 bits per heavy atom. The number of likely N-dealkylation sites (tertiary alicyclic amines) is 1. The van der Waals surface area contributed by atoms with Gasteiger partial charge in [-0.25, -0.2) is 4.79 Å². The number of nitrogens with one attached hydrogen (secondary N) is 1. The number of ether oxygens (including phenoxy) is 1. The number of carbonyl (C=O) groups excluding carboxylic acids is 1. The van der Waals surface area contributed by atoms with Crippen LogP contribution < -0.4 is 10.9 Å². The van der Waals surface area contributed by atoms with Crippen LogP contribution in [0.4, 0.5) is 0 Å². The first-order valence-corrected chi connectivity index (χ1v) is 11.6. The highest BCUT2D eigenvalue weighted by Crippen LogP contribution is 2.28. The van der Waals surface area contributed by atoms with Gasteiger partial charge in [0.1, 0.15) is 5.58 Å². The third kappa shape index (κ3) is 6.55. The molecule has 7 heteroatoms. The second-order valence-corrected chi connectivity index (χ2v) is 8.91. The molecule has 31 heavy (non-hydrogen) atoms. The molecule has 1 aromatic carbocycles. The largest absolute Gasteiger partial charge is 0.423 e. The van der Waals surface area contributed by atoms with E-state index in [2.05, 4.69) is 10.2 Å². The number of hydrogen-bond donors (Lipinski definition) is 1. The Morgan fingerprint density at radius 1 is 1.26 bits per heavy atom. The minimum Gasteiger partial charge on any atom is -0.423 e. The van der Waals surface area contributed by atoms with Crippen molar-refractivity contribution in [1.82, 2.24) is 10.2 Å². The summed E-state index contributed by atoms with van der Waals surface area (Å²) < 4.78 is 10.9. The van der Waals surface area contributed by atoms with Crippen LogP contribution in [0.5, 0.6) is 0 Å². The Bertz CT molecular complexity index is 948. The molecular weight excluding hydrogens is 416 g/mol. The third-order valence-electron chi connectivity index (χ3n) is 5.80. The summed E-state index contributed by atoms with van der Waals surface area (Å²) in [4.78, 5) is 26.8. The van der Waals surface area contributed by atoms with Crippen LogP contribution in [0.1, 0.15) is 51.2 Å². The van der Waals surface area contributed by atoms with Crippen LogP contribution in [0, 0.1) is 5.92 Å². The number of benzene rings is 1. The summed E-state index contributed by atoms with van der Waals surface area (Å²) in [5.74, 6) is 0.176. The van der Waals surface area contributed by atoms with Gasteiger partial charge in [0.15, 0.2) is 0 Å². The quantitative estimate of drug-likeness (QED) is 0.460. The van der Waals surface area contributed by atoms with Gasteiger partial charge in [-0.05, 0) is 75.9 Å². The molecule has 1 aliphatic heterocycles. The molecule has 170 valence electrons. The van der Waals surface area contributed by atoms with E-state index < -0.39 is 0 Å². The molecule has 0 spiro atoms. The molecule has 1 fully saturated rings. The molecule has 1 saturated heterocycles. The number of nitrogens with zero attached hydrogens (tertiary/aromatic N) is 1. The van der Waals surface area contributed by atoms with Gasteiger partial charge in [-0.2, -0.15) is 0 Å². The highest BCUT2D eigenvalue weighted by molar-refractivity contribution is 6.32. The normalized spacial score (nSPS) is 15.6. The van der Waals surface area contributed by atoms with Gasteiger partial charge in [-0.1, -0.05) is 18.5 Å². The van der Waals surface area contributed by atoms with Gasteiger partial charge in [0.2, 0.25) is 5.91 Å². The molecule has 0 bridgehead atoms. The first kappa shape index (κ1) is 23.8. The number of piperidine rings is 1. The lowest BCUT2D eigenvalue weighted by Gasteiger charge is -2.31. The minimum atomic E-state index is -0.345. The fourth-order valence-electron chi connectivity index (χ4n) is 4.03. The van der Waals surface area contributed by atoms with Crippen molar-refractivity contribution in [3.8, 4) is 0 Å². The lowest BCUT2D eigenvalue weighted by Crippen LogP contribution is -2.40. The molecule has 3 rings (SSSR count). The molecule has 0 aliphatic carbocycles. The van der Waals surface area contributed by atoms with Gasteiger partial charge in [-0.15, -0.1) is 0 Å². The molecule has 1 amide bonds. The average molecular weight is 449 g/mol. The Morgan fingerprint density at radius 2 is 2.00 bits per heavy atom. The predicted octanol–water partition coefficient (Wildman–Crippen LogP) is 4.15. The van der Waals surface area contributed by atoms with Crippen LogP contribution in [-0.4, -0.2) is 43.2 Å². The summed E-state index contributed by atoms with van der Waals surface area (Å²) in [7, 11) is 0. The second-order valence-electron chi connectivity index (χ2n) is 8.50. The first-order chi connectivity index (χ1) is 14.9. The Balaban J connectivity index is 1.55. The van der Waals surface area contributed by atoms with E-state index in [4.69, 9.17) is 20.8 Å². The summed E-state index contributed by atoms with van der Waals surface area (Å²) in [6.07, 6.45) is 3.46. The fraction of sp³-hybridized carbons (Fsp3) is 0.583. The number of hydrogen-bond acceptors (Lipinski definition) is 5. The molecule has 2 aromatic rings. The van der Waals surface area contributed by atoms with Crippen molar-refractivity contribution in [2.45, 2.75) is 59.1 Å². The molecule has 0 atom stereocenters. The zero-order valence-corrected chi connectivity index (χ0v) is 19.5. The van der Waals surface area contributed by atoms with Crippen molar-refractivity contribution in [2.24, 2.45) is 5.92 Å². The zero-order valence-electron chi connectivity index (χ0n) is 18.7. The van der Waals surface area contributed by atoms with Crippen molar-refractivity contribution >= 4 is 28.5 Å². The van der Waals surface area contributed by atoms with Crippen molar-refractivity contribution in [3.05, 3.63) is 44.8 Å². The van der Waals surface area contributed by atoms with Gasteiger partial charge in [0.05, 0.1) is 6.10 Å². The van der Waals surface area contributed by atoms with Crippen LogP contribution >= 0.6 is 11.6 Å². The van der Waals surface area contributed by atoms with Gasteiger partial charge < -0.3 is 14.5 Å². The van der Waals surface area contributed by atoms with Crippen LogP contribution in [0.2, 0.25) is 5.02 Å². The van der Waals surface area contributed by atoms with Gasteiger partial charge in [-0.3, -0.25) is 9.69 Å². The number of halogens is 1. The fourth-order valence-corrected chi connectivity index (χ4v) is 4.33. The van der Waals surface area contributed by atoms with E-state index in [1.165, 1.54) is 0 Å². The topological polar surface area (TPSA) is 71.8 Å². The monoisotopic (exact) mass is 448 g/mol. The maximum absolute atomic E-state index is 12.4. The number of fused-ring (bicyclic) bond motifs is 1. The molecule has 1 aromatic heterocycles. The number of carbonyl (C=O) groups is 1. The molecule has 0 unspecified atom stereocenters. The summed E-state index contributed by atoms with van der Waals surface area (Å²) in [6, 6.07) is 5.32. The van der Waals surface area contributed by atoms with Crippen LogP contribution in [-0.2, 0) is 22.5 Å². The Kier molecular flexibility index (Phi) is 8.52. The lowest BCUT2D eigenvalue weighted by molar-refractivity contribution is -0.126. The maximum Gasteiger partial charge on any atom is 0.336 e. The summed E-state index contributed by atoms with van der Waals surface area (Å²) in [5, 5.41) is 4.61. The van der Waals surface area contributed by atoms with E-state index in [9.17, 15) is 9.59 Å². The minimum absolute atomic E-state index is 0.0430. The predicted molar refractivity (Wildman–Crippen MR) is 124 cm³/mol. The first-order valence-electron chi connectivity index (χ1n) is 11.2. The van der Waals surface area contributed by atoms with Crippen molar-refractivity contribution < 1.29 is 13.9 Å². The van der Waals surface area contributed by atoms with E-state index in [-0.39, 0.29) is 23.6 Å². The van der Waals surface area contributed by atoms with E-state index in [1.807, 2.05) is 32.9 Å². The Labute approximate surface area is 188 Å². The third-order valence-corrected chi connectivity index (χ3v) is 6.15. The second kappa shape index (κ2) is 11.1. The van der Waals surface area contributed by atoms with Gasteiger partial charge in [0, 0.05) is 42.1 Å². The van der Waals surface area contributed by atoms with Gasteiger partial charge >= 0.3 is 5.63 Å². The molecule has 0 radical (unpaired) electrons. The molecule has 1 N–H and O–H groups in total. The number of amides is 1. The van der Waals surface area contributed by atoms with Crippen LogP contribution in [0.25, 0.3) is 11.0 Å². The summed E-state index contributed by atoms with van der Waals surface area (Å²) in [6.45, 7) is 9.63. The van der Waals surface area contributed by atoms with E-state index in [1.54, 1.807) is 6.07 Å². The van der Waals surface area contributed by atoms with Gasteiger partial charge in [0.25, 0.3) is 0 Å². The highest BCUT2D eigenvalue weighted by Gasteiger charge is 2.25. The maximum atomic E-state index is 12.4. The average Bonchev–Trinajstić information content (AvgIpc) is 2.73.